The molecule has 0 unspecified atom stereocenters. The second kappa shape index (κ2) is 9.81. The van der Waals surface area contributed by atoms with E-state index in [1.807, 2.05) is 0 Å². The summed E-state index contributed by atoms with van der Waals surface area (Å²) in [6, 6.07) is 7.08. The average Bonchev–Trinajstić information content (AvgIpc) is 2.64. The van der Waals surface area contributed by atoms with Gasteiger partial charge in [-0.05, 0) is 70.2 Å². The molecule has 29 heavy (non-hydrogen) atoms. The Hall–Kier alpha value is -1.79. The van der Waals surface area contributed by atoms with Gasteiger partial charge in [-0.15, -0.1) is 19.1 Å². The molecule has 2 aromatic rings. The highest BCUT2D eigenvalue weighted by Gasteiger charge is 2.31. The molecule has 2 aromatic carbocycles. The maximum absolute atomic E-state index is 13.8. The Morgan fingerprint density at radius 2 is 1.79 bits per heavy atom. The van der Waals surface area contributed by atoms with E-state index in [0.717, 1.165) is 4.90 Å². The lowest BCUT2D eigenvalue weighted by Gasteiger charge is -2.27. The molecule has 0 saturated heterocycles. The van der Waals surface area contributed by atoms with E-state index in [0.29, 0.717) is 32.1 Å². The van der Waals surface area contributed by atoms with E-state index >= 15 is 0 Å². The predicted molar refractivity (Wildman–Crippen MR) is 110 cm³/mol. The van der Waals surface area contributed by atoms with Gasteiger partial charge in [0.1, 0.15) is 5.75 Å². The number of hydrogen-bond acceptors (Lipinski definition) is 2. The predicted octanol–water partition coefficient (Wildman–Crippen LogP) is 7.27. The zero-order valence-electron chi connectivity index (χ0n) is 15.4. The number of nitrogens with zero attached hydrogens (tertiary/aromatic N) is 1. The zero-order chi connectivity index (χ0) is 21.8. The van der Waals surface area contributed by atoms with Gasteiger partial charge in [0.15, 0.2) is 0 Å². The van der Waals surface area contributed by atoms with Gasteiger partial charge in [0.25, 0.3) is 0 Å². The Labute approximate surface area is 182 Å². The number of hydrogen-bond donors (Lipinski definition) is 0. The van der Waals surface area contributed by atoms with Crippen LogP contribution in [0.3, 0.4) is 0 Å². The van der Waals surface area contributed by atoms with Crippen molar-refractivity contribution in [3.8, 4) is 28.7 Å². The fraction of sp³-hybridized carbons (Fsp3) is 0.300. The molecule has 156 valence electrons. The summed E-state index contributed by atoms with van der Waals surface area (Å²) < 4.78 is 69.0. The summed E-state index contributed by atoms with van der Waals surface area (Å²) >= 11 is 6.75. The SMILES string of the molecule is CC#CCN(c1c(C)c(-c2ccc(OC(F)(F)F)cc2)cc(CBr)c1Br)C(F)F. The highest BCUT2D eigenvalue weighted by Crippen LogP contribution is 2.41. The minimum absolute atomic E-state index is 0.169. The van der Waals surface area contributed by atoms with Gasteiger partial charge in [0, 0.05) is 9.80 Å². The number of alkyl halides is 6. The summed E-state index contributed by atoms with van der Waals surface area (Å²) in [5.74, 6) is 4.90. The highest BCUT2D eigenvalue weighted by molar-refractivity contribution is 9.11. The summed E-state index contributed by atoms with van der Waals surface area (Å²) in [4.78, 5) is 0.882. The number of benzene rings is 2. The maximum atomic E-state index is 13.8. The third-order valence-electron chi connectivity index (χ3n) is 4.06. The molecule has 2 nitrogen and oxygen atoms in total. The minimum atomic E-state index is -4.79. The molecule has 0 spiro atoms. The van der Waals surface area contributed by atoms with Gasteiger partial charge in [-0.25, -0.2) is 0 Å². The molecule has 0 aliphatic carbocycles. The molecular formula is C20H16Br2F5NO. The fourth-order valence-corrected chi connectivity index (χ4v) is 4.37. The van der Waals surface area contributed by atoms with Crippen molar-refractivity contribution in [2.24, 2.45) is 0 Å². The van der Waals surface area contributed by atoms with Crippen LogP contribution < -0.4 is 9.64 Å². The molecule has 0 heterocycles. The first-order chi connectivity index (χ1) is 13.6. The third kappa shape index (κ3) is 5.86. The Balaban J connectivity index is 2.59. The zero-order valence-corrected chi connectivity index (χ0v) is 18.6. The summed E-state index contributed by atoms with van der Waals surface area (Å²) in [5, 5.41) is 0.389. The van der Waals surface area contributed by atoms with Crippen LogP contribution in [0.5, 0.6) is 5.75 Å². The van der Waals surface area contributed by atoms with Crippen LogP contribution in [0.15, 0.2) is 34.8 Å². The van der Waals surface area contributed by atoms with Gasteiger partial charge in [-0.3, -0.25) is 0 Å². The Morgan fingerprint density at radius 1 is 1.17 bits per heavy atom. The molecular weight excluding hydrogens is 525 g/mol. The Kier molecular flexibility index (Phi) is 7.94. The number of ether oxygens (including phenoxy) is 1. The lowest BCUT2D eigenvalue weighted by atomic mass is 9.96. The van der Waals surface area contributed by atoms with Crippen molar-refractivity contribution in [3.63, 3.8) is 0 Å². The van der Waals surface area contributed by atoms with E-state index in [4.69, 9.17) is 0 Å². The van der Waals surface area contributed by atoms with E-state index in [1.165, 1.54) is 24.3 Å². The van der Waals surface area contributed by atoms with E-state index in [2.05, 4.69) is 48.4 Å². The summed E-state index contributed by atoms with van der Waals surface area (Å²) in [6.07, 6.45) is -4.79. The van der Waals surface area contributed by atoms with Crippen molar-refractivity contribution < 1.29 is 26.7 Å². The van der Waals surface area contributed by atoms with Crippen molar-refractivity contribution in [1.29, 1.82) is 0 Å². The van der Waals surface area contributed by atoms with Crippen molar-refractivity contribution in [1.82, 2.24) is 0 Å². The van der Waals surface area contributed by atoms with Crippen LogP contribution in [-0.4, -0.2) is 19.5 Å². The van der Waals surface area contributed by atoms with Crippen LogP contribution in [0, 0.1) is 18.8 Å². The normalized spacial score (nSPS) is 11.2. The van der Waals surface area contributed by atoms with Crippen LogP contribution in [0.4, 0.5) is 27.6 Å². The van der Waals surface area contributed by atoms with Crippen LogP contribution >= 0.6 is 31.9 Å². The largest absolute Gasteiger partial charge is 0.573 e. The molecule has 0 radical (unpaired) electrons. The minimum Gasteiger partial charge on any atom is -0.406 e. The molecule has 2 rings (SSSR count). The van der Waals surface area contributed by atoms with Gasteiger partial charge in [0.05, 0.1) is 12.2 Å². The van der Waals surface area contributed by atoms with Crippen molar-refractivity contribution >= 4 is 37.5 Å². The van der Waals surface area contributed by atoms with Crippen LogP contribution in [0.1, 0.15) is 18.1 Å². The standard InChI is InChI=1S/C20H16Br2F5NO/c1-3-4-9-28(19(23)24)18-12(2)16(10-14(11-21)17(18)22)13-5-7-15(8-6-13)29-20(25,26)27/h5-8,10,19H,9,11H2,1-2H3. The van der Waals surface area contributed by atoms with Crippen LogP contribution in [-0.2, 0) is 5.33 Å². The first kappa shape index (κ1) is 23.5. The second-order valence-electron chi connectivity index (χ2n) is 5.91. The Morgan fingerprint density at radius 3 is 2.28 bits per heavy atom. The van der Waals surface area contributed by atoms with Gasteiger partial charge in [-0.1, -0.05) is 34.0 Å². The van der Waals surface area contributed by atoms with Crippen molar-refractivity contribution in [3.05, 3.63) is 45.9 Å². The molecule has 0 bridgehead atoms. The molecule has 9 heteroatoms. The lowest BCUT2D eigenvalue weighted by molar-refractivity contribution is -0.274. The lowest BCUT2D eigenvalue weighted by Crippen LogP contribution is -2.30. The average molecular weight is 541 g/mol. The highest BCUT2D eigenvalue weighted by atomic mass is 79.9. The summed E-state index contributed by atoms with van der Waals surface area (Å²) in [5.41, 5.74) is 2.73. The van der Waals surface area contributed by atoms with E-state index in [9.17, 15) is 22.0 Å². The quantitative estimate of drug-likeness (QED) is 0.165. The molecule has 0 fully saturated rings. The number of anilines is 1. The molecule has 0 saturated carbocycles. The first-order valence-electron chi connectivity index (χ1n) is 8.27. The van der Waals surface area contributed by atoms with Gasteiger partial charge in [-0.2, -0.15) is 8.78 Å². The molecule has 0 aliphatic rings. The monoisotopic (exact) mass is 539 g/mol. The van der Waals surface area contributed by atoms with E-state index in [1.54, 1.807) is 19.9 Å². The molecule has 0 N–H and O–H groups in total. The maximum Gasteiger partial charge on any atom is 0.573 e. The smallest absolute Gasteiger partial charge is 0.406 e. The molecule has 0 aromatic heterocycles. The van der Waals surface area contributed by atoms with E-state index < -0.39 is 12.9 Å². The van der Waals surface area contributed by atoms with Gasteiger partial charge >= 0.3 is 12.9 Å². The number of halogens is 7. The molecule has 0 atom stereocenters. The van der Waals surface area contributed by atoms with Crippen molar-refractivity contribution in [2.45, 2.75) is 32.1 Å². The summed E-state index contributed by atoms with van der Waals surface area (Å²) in [7, 11) is 0. The van der Waals surface area contributed by atoms with Crippen LogP contribution in [0.2, 0.25) is 0 Å². The third-order valence-corrected chi connectivity index (χ3v) is 5.55. The number of rotatable bonds is 6. The Bertz CT molecular complexity index is 918. The molecule has 0 amide bonds. The van der Waals surface area contributed by atoms with Gasteiger partial charge in [0.2, 0.25) is 0 Å². The fourth-order valence-electron chi connectivity index (χ4n) is 2.77. The summed E-state index contributed by atoms with van der Waals surface area (Å²) in [6.45, 7) is 0.294. The van der Waals surface area contributed by atoms with Crippen molar-refractivity contribution in [2.75, 3.05) is 11.4 Å². The first-order valence-corrected chi connectivity index (χ1v) is 10.2. The van der Waals surface area contributed by atoms with Crippen LogP contribution in [0.25, 0.3) is 11.1 Å². The van der Waals surface area contributed by atoms with Gasteiger partial charge < -0.3 is 9.64 Å². The van der Waals surface area contributed by atoms with E-state index in [-0.39, 0.29) is 18.0 Å². The second-order valence-corrected chi connectivity index (χ2v) is 7.26. The topological polar surface area (TPSA) is 12.5 Å². The molecule has 0 aliphatic heterocycles.